The van der Waals surface area contributed by atoms with E-state index < -0.39 is 0 Å². The van der Waals surface area contributed by atoms with E-state index >= 15 is 0 Å². The van der Waals surface area contributed by atoms with Crippen molar-refractivity contribution in [3.05, 3.63) is 24.3 Å². The van der Waals surface area contributed by atoms with Gasteiger partial charge in [-0.05, 0) is 25.5 Å². The molecule has 0 saturated heterocycles. The molecule has 2 heteroatoms. The lowest BCUT2D eigenvalue weighted by Gasteiger charge is -2.05. The Bertz CT molecular complexity index is 376. The third-order valence-electron chi connectivity index (χ3n) is 2.13. The Morgan fingerprint density at radius 2 is 2.12 bits per heavy atom. The highest BCUT2D eigenvalue weighted by Gasteiger charge is 2.04. The molecular formula is C14H18OS. The topological polar surface area (TPSA) is 20.2 Å². The van der Waals surface area contributed by atoms with Crippen LogP contribution in [0, 0.1) is 11.8 Å². The van der Waals surface area contributed by atoms with Gasteiger partial charge in [0.25, 0.3) is 0 Å². The van der Waals surface area contributed by atoms with Crippen molar-refractivity contribution in [1.29, 1.82) is 0 Å². The van der Waals surface area contributed by atoms with E-state index in [4.69, 9.17) is 0 Å². The van der Waals surface area contributed by atoms with Crippen molar-refractivity contribution < 1.29 is 5.11 Å². The number of aromatic hydroxyl groups is 1. The van der Waals surface area contributed by atoms with E-state index in [0.717, 1.165) is 11.3 Å². The van der Waals surface area contributed by atoms with Crippen LogP contribution in [-0.2, 0) is 0 Å². The Morgan fingerprint density at radius 1 is 1.38 bits per heavy atom. The van der Waals surface area contributed by atoms with Crippen LogP contribution in [0.1, 0.15) is 33.1 Å². The van der Waals surface area contributed by atoms with Crippen molar-refractivity contribution >= 4 is 11.8 Å². The van der Waals surface area contributed by atoms with E-state index in [1.54, 1.807) is 17.8 Å². The van der Waals surface area contributed by atoms with E-state index in [-0.39, 0.29) is 5.25 Å². The van der Waals surface area contributed by atoms with Crippen LogP contribution in [0.25, 0.3) is 0 Å². The predicted octanol–water partition coefficient (Wildman–Crippen LogP) is 4.07. The number of thioether (sulfide) groups is 1. The fourth-order valence-electron chi connectivity index (χ4n) is 1.26. The summed E-state index contributed by atoms with van der Waals surface area (Å²) < 4.78 is 0. The van der Waals surface area contributed by atoms with Crippen LogP contribution in [0.3, 0.4) is 0 Å². The average molecular weight is 234 g/mol. The Kier molecular flexibility index (Phi) is 5.88. The molecule has 16 heavy (non-hydrogen) atoms. The molecule has 0 aliphatic rings. The lowest BCUT2D eigenvalue weighted by molar-refractivity contribution is 0.462. The molecule has 0 fully saturated rings. The first kappa shape index (κ1) is 13.0. The molecule has 1 rings (SSSR count). The fraction of sp³-hybridized carbons (Fsp3) is 0.429. The van der Waals surface area contributed by atoms with Crippen LogP contribution in [0.5, 0.6) is 5.75 Å². The number of para-hydroxylation sites is 1. The van der Waals surface area contributed by atoms with Gasteiger partial charge in [0.15, 0.2) is 0 Å². The van der Waals surface area contributed by atoms with Crippen LogP contribution in [-0.4, -0.2) is 10.4 Å². The molecule has 0 unspecified atom stereocenters. The normalized spacial score (nSPS) is 11.6. The minimum absolute atomic E-state index is 0.227. The second-order valence-corrected chi connectivity index (χ2v) is 5.04. The van der Waals surface area contributed by atoms with Crippen molar-refractivity contribution in [2.75, 3.05) is 0 Å². The van der Waals surface area contributed by atoms with Crippen molar-refractivity contribution in [3.8, 4) is 17.6 Å². The van der Waals surface area contributed by atoms with Crippen LogP contribution in [0.2, 0.25) is 0 Å². The van der Waals surface area contributed by atoms with E-state index in [9.17, 15) is 5.11 Å². The maximum Gasteiger partial charge on any atom is 0.129 e. The maximum atomic E-state index is 9.60. The smallest absolute Gasteiger partial charge is 0.129 e. The molecule has 0 aromatic heterocycles. The van der Waals surface area contributed by atoms with E-state index in [1.807, 2.05) is 18.2 Å². The summed E-state index contributed by atoms with van der Waals surface area (Å²) in [6.07, 6.45) is 3.33. The molecule has 86 valence electrons. The van der Waals surface area contributed by atoms with Gasteiger partial charge in [0.05, 0.1) is 10.1 Å². The Hall–Kier alpha value is -1.07. The zero-order chi connectivity index (χ0) is 11.8. The summed E-state index contributed by atoms with van der Waals surface area (Å²) in [6, 6.07) is 7.39. The van der Waals surface area contributed by atoms with Gasteiger partial charge in [0.2, 0.25) is 0 Å². The van der Waals surface area contributed by atoms with Crippen molar-refractivity contribution in [2.24, 2.45) is 0 Å². The Balaban J connectivity index is 2.47. The Labute approximate surface area is 102 Å². The van der Waals surface area contributed by atoms with Gasteiger partial charge in [-0.25, -0.2) is 0 Å². The number of unbranched alkanes of at least 4 members (excludes halogenated alkanes) is 2. The van der Waals surface area contributed by atoms with Crippen LogP contribution in [0.4, 0.5) is 0 Å². The van der Waals surface area contributed by atoms with Gasteiger partial charge in [-0.15, -0.1) is 17.7 Å². The number of phenols is 1. The van der Waals surface area contributed by atoms with Crippen LogP contribution >= 0.6 is 11.8 Å². The summed E-state index contributed by atoms with van der Waals surface area (Å²) in [7, 11) is 0. The summed E-state index contributed by atoms with van der Waals surface area (Å²) in [5, 5.41) is 9.83. The summed E-state index contributed by atoms with van der Waals surface area (Å²) in [5.74, 6) is 6.71. The highest BCUT2D eigenvalue weighted by Crippen LogP contribution is 2.30. The molecule has 1 N–H and O–H groups in total. The van der Waals surface area contributed by atoms with E-state index in [1.165, 1.54) is 12.8 Å². The van der Waals surface area contributed by atoms with Crippen LogP contribution in [0.15, 0.2) is 29.2 Å². The van der Waals surface area contributed by atoms with Gasteiger partial charge in [0.1, 0.15) is 5.75 Å². The first-order chi connectivity index (χ1) is 7.74. The van der Waals surface area contributed by atoms with Crippen molar-refractivity contribution in [1.82, 2.24) is 0 Å². The molecule has 1 aromatic rings. The molecular weight excluding hydrogens is 216 g/mol. The van der Waals surface area contributed by atoms with Crippen molar-refractivity contribution in [2.45, 2.75) is 43.3 Å². The number of rotatable bonds is 4. The summed E-state index contributed by atoms with van der Waals surface area (Å²) in [6.45, 7) is 4.23. The molecule has 0 radical (unpaired) electrons. The fourth-order valence-corrected chi connectivity index (χ4v) is 2.13. The zero-order valence-electron chi connectivity index (χ0n) is 9.86. The second-order valence-electron chi connectivity index (χ2n) is 3.65. The molecule has 0 heterocycles. The van der Waals surface area contributed by atoms with Gasteiger partial charge in [-0.1, -0.05) is 31.4 Å². The SMILES string of the molecule is CCCCC#C[C@@H](C)Sc1ccccc1O. The molecule has 0 saturated carbocycles. The highest BCUT2D eigenvalue weighted by molar-refractivity contribution is 8.00. The maximum absolute atomic E-state index is 9.60. The largest absolute Gasteiger partial charge is 0.507 e. The average Bonchev–Trinajstić information content (AvgIpc) is 2.28. The quantitative estimate of drug-likeness (QED) is 0.481. The molecule has 0 aliphatic carbocycles. The standard InChI is InChI=1S/C14H18OS/c1-3-4-5-6-9-12(2)16-14-11-8-7-10-13(14)15/h7-8,10-12,15H,3-5H2,1-2H3/t12-/m1/s1. The van der Waals surface area contributed by atoms with Gasteiger partial charge < -0.3 is 5.11 Å². The van der Waals surface area contributed by atoms with E-state index in [0.29, 0.717) is 5.75 Å². The molecule has 0 bridgehead atoms. The lowest BCUT2D eigenvalue weighted by Crippen LogP contribution is -1.90. The monoisotopic (exact) mass is 234 g/mol. The van der Waals surface area contributed by atoms with E-state index in [2.05, 4.69) is 25.7 Å². The van der Waals surface area contributed by atoms with Gasteiger partial charge in [-0.2, -0.15) is 0 Å². The summed E-state index contributed by atoms with van der Waals surface area (Å²) in [4.78, 5) is 0.903. The molecule has 0 amide bonds. The first-order valence-electron chi connectivity index (χ1n) is 5.67. The van der Waals surface area contributed by atoms with Crippen molar-refractivity contribution in [3.63, 3.8) is 0 Å². The van der Waals surface area contributed by atoms with Gasteiger partial charge in [-0.3, -0.25) is 0 Å². The molecule has 0 spiro atoms. The number of hydrogen-bond acceptors (Lipinski definition) is 2. The minimum atomic E-state index is 0.227. The zero-order valence-corrected chi connectivity index (χ0v) is 10.7. The Morgan fingerprint density at radius 3 is 2.81 bits per heavy atom. The molecule has 1 atom stereocenters. The predicted molar refractivity (Wildman–Crippen MR) is 70.7 cm³/mol. The minimum Gasteiger partial charge on any atom is -0.507 e. The second kappa shape index (κ2) is 7.24. The first-order valence-corrected chi connectivity index (χ1v) is 6.55. The highest BCUT2D eigenvalue weighted by atomic mass is 32.2. The summed E-state index contributed by atoms with van der Waals surface area (Å²) in [5.41, 5.74) is 0. The molecule has 0 aliphatic heterocycles. The summed E-state index contributed by atoms with van der Waals surface area (Å²) >= 11 is 1.60. The number of benzene rings is 1. The lowest BCUT2D eigenvalue weighted by atomic mass is 10.2. The third kappa shape index (κ3) is 4.63. The van der Waals surface area contributed by atoms with Gasteiger partial charge in [0, 0.05) is 6.42 Å². The molecule has 1 nitrogen and oxygen atoms in total. The molecule has 1 aromatic carbocycles. The van der Waals surface area contributed by atoms with Crippen LogP contribution < -0.4 is 0 Å². The number of hydrogen-bond donors (Lipinski definition) is 1. The third-order valence-corrected chi connectivity index (χ3v) is 3.20. The van der Waals surface area contributed by atoms with Gasteiger partial charge >= 0.3 is 0 Å². The number of phenolic OH excluding ortho intramolecular Hbond substituents is 1.